The van der Waals surface area contributed by atoms with E-state index in [2.05, 4.69) is 9.97 Å². The molecule has 0 fully saturated rings. The molecule has 2 aromatic rings. The van der Waals surface area contributed by atoms with Gasteiger partial charge in [0.25, 0.3) is 0 Å². The third-order valence-corrected chi connectivity index (χ3v) is 1.82. The number of nitrogens with zero attached hydrogens (tertiary/aromatic N) is 3. The van der Waals surface area contributed by atoms with Gasteiger partial charge in [-0.05, 0) is 6.07 Å². The van der Waals surface area contributed by atoms with E-state index in [4.69, 9.17) is 0 Å². The van der Waals surface area contributed by atoms with Gasteiger partial charge in [-0.25, -0.2) is 4.98 Å². The van der Waals surface area contributed by atoms with Crippen LogP contribution in [-0.2, 0) is 7.05 Å². The minimum Gasteiger partial charge on any atom is -0.325 e. The van der Waals surface area contributed by atoms with Crippen molar-refractivity contribution in [3.05, 3.63) is 24.3 Å². The quantitative estimate of drug-likeness (QED) is 0.704. The van der Waals surface area contributed by atoms with Crippen molar-refractivity contribution in [2.45, 2.75) is 0 Å². The summed E-state index contributed by atoms with van der Waals surface area (Å²) in [6.07, 6.45) is 4.06. The first-order chi connectivity index (χ1) is 5.83. The molecule has 0 saturated heterocycles. The highest BCUT2D eigenvalue weighted by atomic mass is 35.5. The van der Waals surface area contributed by atoms with Crippen LogP contribution in [0.4, 0.5) is 0 Å². The molecular weight excluding hydrogens is 225 g/mol. The van der Waals surface area contributed by atoms with Gasteiger partial charge in [0.2, 0.25) is 0 Å². The molecule has 2 aromatic heterocycles. The zero-order chi connectivity index (χ0) is 8.55. The minimum atomic E-state index is 0. The van der Waals surface area contributed by atoms with Gasteiger partial charge < -0.3 is 4.57 Å². The van der Waals surface area contributed by atoms with Gasteiger partial charge in [-0.2, -0.15) is 0 Å². The average molecular weight is 234 g/mol. The van der Waals surface area contributed by atoms with Crippen molar-refractivity contribution in [2.24, 2.45) is 7.05 Å². The van der Waals surface area contributed by atoms with Gasteiger partial charge in [0, 0.05) is 13.2 Å². The molecular formula is C8H9Cl2N3O. The maximum atomic E-state index is 10.5. The summed E-state index contributed by atoms with van der Waals surface area (Å²) in [7, 11) is 1.80. The predicted octanol–water partition coefficient (Wildman–Crippen LogP) is 1.62. The van der Waals surface area contributed by atoms with Crippen LogP contribution < -0.4 is 0 Å². The van der Waals surface area contributed by atoms with Crippen molar-refractivity contribution < 1.29 is 4.79 Å². The Morgan fingerprint density at radius 3 is 2.71 bits per heavy atom. The first-order valence-electron chi connectivity index (χ1n) is 3.54. The fraction of sp³-hybridized carbons (Fsp3) is 0.125. The zero-order valence-corrected chi connectivity index (χ0v) is 9.01. The molecule has 2 rings (SSSR count). The smallest absolute Gasteiger partial charge is 0.185 e. The Kier molecular flexibility index (Phi) is 4.53. The molecule has 76 valence electrons. The van der Waals surface area contributed by atoms with Crippen LogP contribution in [0.5, 0.6) is 0 Å². The van der Waals surface area contributed by atoms with Crippen LogP contribution in [0, 0.1) is 0 Å². The molecule has 2 heterocycles. The Labute approximate surface area is 93.2 Å². The van der Waals surface area contributed by atoms with Gasteiger partial charge in [0.05, 0.1) is 11.7 Å². The Morgan fingerprint density at radius 2 is 2.14 bits per heavy atom. The van der Waals surface area contributed by atoms with Crippen molar-refractivity contribution >= 4 is 42.1 Å². The van der Waals surface area contributed by atoms with Crippen molar-refractivity contribution in [2.75, 3.05) is 0 Å². The zero-order valence-electron chi connectivity index (χ0n) is 7.38. The molecule has 0 aliphatic heterocycles. The number of pyridine rings is 1. The van der Waals surface area contributed by atoms with E-state index in [-0.39, 0.29) is 24.8 Å². The number of imidazole rings is 1. The molecule has 0 atom stereocenters. The number of halogens is 2. The summed E-state index contributed by atoms with van der Waals surface area (Å²) in [6, 6.07) is 1.83. The third kappa shape index (κ3) is 1.86. The Balaban J connectivity index is 0.000000845. The van der Waals surface area contributed by atoms with Crippen molar-refractivity contribution in [3.8, 4) is 0 Å². The standard InChI is InChI=1S/C8H7N3O.2ClH/c1-11-7-2-3-9-4-6(7)10-8(11)5-12;;/h2-5H,1H3;2*1H. The topological polar surface area (TPSA) is 47.8 Å². The van der Waals surface area contributed by atoms with Crippen LogP contribution >= 0.6 is 24.8 Å². The van der Waals surface area contributed by atoms with E-state index < -0.39 is 0 Å². The van der Waals surface area contributed by atoms with E-state index in [0.717, 1.165) is 17.3 Å². The van der Waals surface area contributed by atoms with Crippen LogP contribution in [0.2, 0.25) is 0 Å². The summed E-state index contributed by atoms with van der Waals surface area (Å²) >= 11 is 0. The number of carbonyl (C=O) groups excluding carboxylic acids is 1. The molecule has 0 N–H and O–H groups in total. The molecule has 0 amide bonds. The van der Waals surface area contributed by atoms with E-state index in [1.807, 2.05) is 6.07 Å². The molecule has 0 radical (unpaired) electrons. The highest BCUT2D eigenvalue weighted by Gasteiger charge is 2.04. The lowest BCUT2D eigenvalue weighted by Crippen LogP contribution is -1.94. The monoisotopic (exact) mass is 233 g/mol. The minimum absolute atomic E-state index is 0. The number of aromatic nitrogens is 3. The van der Waals surface area contributed by atoms with Crippen molar-refractivity contribution in [1.82, 2.24) is 14.5 Å². The van der Waals surface area contributed by atoms with E-state index in [1.54, 1.807) is 24.0 Å². The summed E-state index contributed by atoms with van der Waals surface area (Å²) < 4.78 is 1.74. The lowest BCUT2D eigenvalue weighted by molar-refractivity contribution is 0.111. The number of rotatable bonds is 1. The number of aldehydes is 1. The van der Waals surface area contributed by atoms with Gasteiger partial charge in [0.15, 0.2) is 12.1 Å². The van der Waals surface area contributed by atoms with Crippen LogP contribution in [0.15, 0.2) is 18.5 Å². The van der Waals surface area contributed by atoms with Gasteiger partial charge >= 0.3 is 0 Å². The van der Waals surface area contributed by atoms with Crippen molar-refractivity contribution in [1.29, 1.82) is 0 Å². The number of hydrogen-bond acceptors (Lipinski definition) is 3. The molecule has 0 aromatic carbocycles. The fourth-order valence-corrected chi connectivity index (χ4v) is 1.18. The van der Waals surface area contributed by atoms with Crippen LogP contribution in [-0.4, -0.2) is 20.8 Å². The SMILES string of the molecule is Cl.Cl.Cn1c(C=O)nc2cnccc21. The van der Waals surface area contributed by atoms with Crippen molar-refractivity contribution in [3.63, 3.8) is 0 Å². The first kappa shape index (κ1) is 12.9. The van der Waals surface area contributed by atoms with Gasteiger partial charge in [-0.3, -0.25) is 9.78 Å². The second kappa shape index (κ2) is 4.93. The van der Waals surface area contributed by atoms with Gasteiger partial charge in [0.1, 0.15) is 5.52 Å². The highest BCUT2D eigenvalue weighted by molar-refractivity contribution is 5.85. The Morgan fingerprint density at radius 1 is 1.43 bits per heavy atom. The largest absolute Gasteiger partial charge is 0.325 e. The number of aryl methyl sites for hydroxylation is 1. The van der Waals surface area contributed by atoms with E-state index >= 15 is 0 Å². The maximum Gasteiger partial charge on any atom is 0.185 e. The Hall–Kier alpha value is -1.13. The van der Waals surface area contributed by atoms with Crippen LogP contribution in [0.3, 0.4) is 0 Å². The molecule has 14 heavy (non-hydrogen) atoms. The first-order valence-corrected chi connectivity index (χ1v) is 3.54. The molecule has 0 unspecified atom stereocenters. The fourth-order valence-electron chi connectivity index (χ4n) is 1.18. The van der Waals surface area contributed by atoms with Gasteiger partial charge in [-0.15, -0.1) is 24.8 Å². The summed E-state index contributed by atoms with van der Waals surface area (Å²) in [5.41, 5.74) is 1.68. The molecule has 0 saturated carbocycles. The summed E-state index contributed by atoms with van der Waals surface area (Å²) in [6.45, 7) is 0. The maximum absolute atomic E-state index is 10.5. The molecule has 6 heteroatoms. The van der Waals surface area contributed by atoms with Gasteiger partial charge in [-0.1, -0.05) is 0 Å². The molecule has 0 bridgehead atoms. The lowest BCUT2D eigenvalue weighted by atomic mass is 10.4. The summed E-state index contributed by atoms with van der Waals surface area (Å²) in [5, 5.41) is 0. The molecule has 0 aliphatic carbocycles. The third-order valence-electron chi connectivity index (χ3n) is 1.82. The number of carbonyl (C=O) groups is 1. The molecule has 4 nitrogen and oxygen atoms in total. The van der Waals surface area contributed by atoms with Crippen LogP contribution in [0.1, 0.15) is 10.6 Å². The van der Waals surface area contributed by atoms with Crippen LogP contribution in [0.25, 0.3) is 11.0 Å². The average Bonchev–Trinajstić information content (AvgIpc) is 2.44. The summed E-state index contributed by atoms with van der Waals surface area (Å²) in [4.78, 5) is 18.5. The predicted molar refractivity (Wildman–Crippen MR) is 58.4 cm³/mol. The lowest BCUT2D eigenvalue weighted by Gasteiger charge is -1.92. The second-order valence-corrected chi connectivity index (χ2v) is 2.51. The highest BCUT2D eigenvalue weighted by Crippen LogP contribution is 2.10. The summed E-state index contributed by atoms with van der Waals surface area (Å²) in [5.74, 6) is 0.429. The van der Waals surface area contributed by atoms with E-state index in [9.17, 15) is 4.79 Å². The Bertz CT molecular complexity index is 441. The normalized spacial score (nSPS) is 8.93. The molecule has 0 aliphatic rings. The van der Waals surface area contributed by atoms with E-state index in [1.165, 1.54) is 0 Å². The van der Waals surface area contributed by atoms with E-state index in [0.29, 0.717) is 5.82 Å². The molecule has 0 spiro atoms. The number of fused-ring (bicyclic) bond motifs is 1. The number of hydrogen-bond donors (Lipinski definition) is 0. The second-order valence-electron chi connectivity index (χ2n) is 2.51.